The van der Waals surface area contributed by atoms with Crippen LogP contribution in [-0.4, -0.2) is 23.1 Å². The summed E-state index contributed by atoms with van der Waals surface area (Å²) in [6, 6.07) is 42.5. The molecule has 1 aliphatic rings. The quantitative estimate of drug-likeness (QED) is 0.171. The van der Waals surface area contributed by atoms with Crippen LogP contribution < -0.4 is 10.6 Å². The Morgan fingerprint density at radius 3 is 1.13 bits per heavy atom. The molecule has 0 saturated carbocycles. The lowest BCUT2D eigenvalue weighted by molar-refractivity contribution is 0.0980. The van der Waals surface area contributed by atoms with Gasteiger partial charge in [-0.15, -0.1) is 0 Å². The van der Waals surface area contributed by atoms with Gasteiger partial charge in [0.2, 0.25) is 0 Å². The van der Waals surface area contributed by atoms with E-state index in [-0.39, 0.29) is 34.3 Å². The molecule has 6 aromatic rings. The fourth-order valence-electron chi connectivity index (χ4n) is 5.68. The number of nitrogens with one attached hydrogen (secondary N) is 2. The summed E-state index contributed by atoms with van der Waals surface area (Å²) >= 11 is 0. The van der Waals surface area contributed by atoms with Crippen LogP contribution in [0, 0.1) is 0 Å². The number of rotatable bonds is 8. The summed E-state index contributed by atoms with van der Waals surface area (Å²) in [4.78, 5) is 53.5. The Labute approximate surface area is 265 Å². The fourth-order valence-corrected chi connectivity index (χ4v) is 5.68. The molecule has 0 saturated heterocycles. The third-order valence-corrected chi connectivity index (χ3v) is 8.00. The van der Waals surface area contributed by atoms with Gasteiger partial charge in [0.25, 0.3) is 0 Å². The lowest BCUT2D eigenvalue weighted by Gasteiger charge is -2.23. The first kappa shape index (κ1) is 28.4. The van der Waals surface area contributed by atoms with Crippen molar-refractivity contribution in [2.75, 3.05) is 10.6 Å². The van der Waals surface area contributed by atoms with Crippen LogP contribution in [0.25, 0.3) is 0 Å². The average molecular weight is 599 g/mol. The molecule has 220 valence electrons. The summed E-state index contributed by atoms with van der Waals surface area (Å²) < 4.78 is 0. The van der Waals surface area contributed by atoms with E-state index in [9.17, 15) is 19.2 Å². The summed E-state index contributed by atoms with van der Waals surface area (Å²) in [7, 11) is 0. The molecule has 0 fully saturated rings. The highest BCUT2D eigenvalue weighted by atomic mass is 16.1. The number of carbonyl (C=O) groups excluding carboxylic acids is 4. The largest absolute Gasteiger partial charge is 0.355 e. The van der Waals surface area contributed by atoms with Crippen molar-refractivity contribution >= 4 is 45.9 Å². The van der Waals surface area contributed by atoms with Gasteiger partial charge in [-0.1, -0.05) is 84.9 Å². The molecule has 6 aromatic carbocycles. The molecule has 0 radical (unpaired) electrons. The number of ketones is 4. The first-order chi connectivity index (χ1) is 22.5. The van der Waals surface area contributed by atoms with Crippen LogP contribution >= 0.6 is 0 Å². The first-order valence-electron chi connectivity index (χ1n) is 14.8. The van der Waals surface area contributed by atoms with E-state index >= 15 is 0 Å². The molecule has 2 N–H and O–H groups in total. The molecule has 1 aliphatic carbocycles. The first-order valence-corrected chi connectivity index (χ1v) is 14.8. The predicted octanol–water partition coefficient (Wildman–Crippen LogP) is 8.41. The number of hydrogen-bond donors (Lipinski definition) is 2. The topological polar surface area (TPSA) is 92.3 Å². The molecular formula is C40H26N2O4. The Balaban J connectivity index is 1.16. The summed E-state index contributed by atoms with van der Waals surface area (Å²) in [6.07, 6.45) is 0. The third-order valence-electron chi connectivity index (χ3n) is 8.00. The molecule has 0 spiro atoms. The Morgan fingerprint density at radius 1 is 0.370 bits per heavy atom. The van der Waals surface area contributed by atoms with E-state index in [0.29, 0.717) is 56.1 Å². The highest BCUT2D eigenvalue weighted by Gasteiger charge is 2.33. The van der Waals surface area contributed by atoms with Gasteiger partial charge in [0, 0.05) is 44.8 Å². The zero-order valence-corrected chi connectivity index (χ0v) is 24.5. The van der Waals surface area contributed by atoms with Crippen molar-refractivity contribution in [2.24, 2.45) is 0 Å². The molecule has 6 heteroatoms. The van der Waals surface area contributed by atoms with E-state index in [4.69, 9.17) is 0 Å². The molecule has 0 unspecified atom stereocenters. The zero-order valence-electron chi connectivity index (χ0n) is 24.5. The molecule has 46 heavy (non-hydrogen) atoms. The molecule has 0 heterocycles. The van der Waals surface area contributed by atoms with E-state index in [1.54, 1.807) is 109 Å². The standard InChI is InChI=1S/C40H26N2O4/c43-37(25-9-3-1-4-10-25)27-17-21-29(22-18-27)41-33-15-7-13-31-35(33)40(46)36-32(39(31)45)14-8-16-34(36)42-30-23-19-28(20-24-30)38(44)26-11-5-2-6-12-26/h1-24,41-42H. The maximum absolute atomic E-state index is 14.2. The normalized spacial score (nSPS) is 11.7. The number of anilines is 4. The van der Waals surface area contributed by atoms with Gasteiger partial charge in [0.05, 0.1) is 22.5 Å². The van der Waals surface area contributed by atoms with Crippen molar-refractivity contribution < 1.29 is 19.2 Å². The van der Waals surface area contributed by atoms with Gasteiger partial charge in [-0.05, 0) is 60.7 Å². The van der Waals surface area contributed by atoms with Gasteiger partial charge in [-0.25, -0.2) is 0 Å². The van der Waals surface area contributed by atoms with Crippen LogP contribution in [0.3, 0.4) is 0 Å². The molecule has 0 aliphatic heterocycles. The van der Waals surface area contributed by atoms with Gasteiger partial charge in [-0.2, -0.15) is 0 Å². The molecule has 0 bridgehead atoms. The molecule has 0 atom stereocenters. The van der Waals surface area contributed by atoms with Gasteiger partial charge >= 0.3 is 0 Å². The minimum atomic E-state index is -0.289. The number of carbonyl (C=O) groups is 4. The third kappa shape index (κ3) is 5.29. The van der Waals surface area contributed by atoms with Gasteiger partial charge in [0.15, 0.2) is 23.1 Å². The van der Waals surface area contributed by atoms with Crippen molar-refractivity contribution in [2.45, 2.75) is 0 Å². The molecule has 0 amide bonds. The van der Waals surface area contributed by atoms with Gasteiger partial charge in [-0.3, -0.25) is 19.2 Å². The highest BCUT2D eigenvalue weighted by Crippen LogP contribution is 2.37. The fraction of sp³-hybridized carbons (Fsp3) is 0. The van der Waals surface area contributed by atoms with Crippen LogP contribution in [0.1, 0.15) is 63.7 Å². The van der Waals surface area contributed by atoms with Crippen LogP contribution in [0.2, 0.25) is 0 Å². The van der Waals surface area contributed by atoms with E-state index < -0.39 is 0 Å². The summed E-state index contributed by atoms with van der Waals surface area (Å²) in [5.41, 5.74) is 5.79. The van der Waals surface area contributed by atoms with Gasteiger partial charge < -0.3 is 10.6 Å². The van der Waals surface area contributed by atoms with E-state index in [1.165, 1.54) is 0 Å². The van der Waals surface area contributed by atoms with E-state index in [1.807, 2.05) is 36.4 Å². The maximum Gasteiger partial charge on any atom is 0.198 e. The number of fused-ring (bicyclic) bond motifs is 2. The zero-order chi connectivity index (χ0) is 31.6. The van der Waals surface area contributed by atoms with Crippen molar-refractivity contribution in [3.8, 4) is 0 Å². The van der Waals surface area contributed by atoms with Crippen LogP contribution in [0.5, 0.6) is 0 Å². The average Bonchev–Trinajstić information content (AvgIpc) is 3.11. The van der Waals surface area contributed by atoms with Gasteiger partial charge in [0.1, 0.15) is 0 Å². The molecule has 0 aromatic heterocycles. The van der Waals surface area contributed by atoms with Crippen molar-refractivity contribution in [3.05, 3.63) is 190 Å². The van der Waals surface area contributed by atoms with Crippen molar-refractivity contribution in [1.29, 1.82) is 0 Å². The Hall–Kier alpha value is -6.40. The van der Waals surface area contributed by atoms with E-state index in [2.05, 4.69) is 10.6 Å². The van der Waals surface area contributed by atoms with Crippen LogP contribution in [-0.2, 0) is 0 Å². The van der Waals surface area contributed by atoms with Crippen molar-refractivity contribution in [1.82, 2.24) is 0 Å². The Kier molecular flexibility index (Phi) is 7.37. The molecule has 7 rings (SSSR count). The maximum atomic E-state index is 14.2. The molecule has 6 nitrogen and oxygen atoms in total. The summed E-state index contributed by atoms with van der Waals surface area (Å²) in [5, 5.41) is 6.56. The predicted molar refractivity (Wildman–Crippen MR) is 179 cm³/mol. The lowest BCUT2D eigenvalue weighted by Crippen LogP contribution is -2.23. The van der Waals surface area contributed by atoms with Crippen LogP contribution in [0.15, 0.2) is 146 Å². The monoisotopic (exact) mass is 598 g/mol. The van der Waals surface area contributed by atoms with E-state index in [0.717, 1.165) is 0 Å². The second-order valence-corrected chi connectivity index (χ2v) is 10.9. The molecular weight excluding hydrogens is 572 g/mol. The summed E-state index contributed by atoms with van der Waals surface area (Å²) in [6.45, 7) is 0. The minimum Gasteiger partial charge on any atom is -0.355 e. The van der Waals surface area contributed by atoms with Crippen molar-refractivity contribution in [3.63, 3.8) is 0 Å². The lowest BCUT2D eigenvalue weighted by atomic mass is 9.82. The number of benzene rings is 6. The second-order valence-electron chi connectivity index (χ2n) is 10.9. The summed E-state index contributed by atoms with van der Waals surface area (Å²) in [5.74, 6) is -0.703. The second kappa shape index (κ2) is 11.9. The highest BCUT2D eigenvalue weighted by molar-refractivity contribution is 6.32. The Bertz CT molecular complexity index is 1980. The van der Waals surface area contributed by atoms with Crippen LogP contribution in [0.4, 0.5) is 22.7 Å². The SMILES string of the molecule is O=C(c1ccccc1)c1ccc(Nc2cccc3c2C(=O)c2c(Nc4ccc(C(=O)c5ccccc5)cc4)cccc2C3=O)cc1. The number of hydrogen-bond acceptors (Lipinski definition) is 6. The Morgan fingerprint density at radius 2 is 0.739 bits per heavy atom. The smallest absolute Gasteiger partial charge is 0.198 e. The minimum absolute atomic E-state index is 0.0842.